The Morgan fingerprint density at radius 3 is 1.94 bits per heavy atom. The zero-order chi connectivity index (χ0) is 10.8. The van der Waals surface area contributed by atoms with E-state index in [1.165, 1.54) is 56.9 Å². The molecule has 1 rings (SSSR count). The van der Waals surface area contributed by atoms with Crippen LogP contribution in [-0.2, 0) is 6.42 Å². The van der Waals surface area contributed by atoms with Gasteiger partial charge in [-0.2, -0.15) is 0 Å². The molecule has 0 aromatic heterocycles. The number of unbranched alkanes of at least 4 members (excludes halogenated alkanes) is 6. The molecule has 1 aromatic carbocycles. The van der Waals surface area contributed by atoms with Gasteiger partial charge in [-0.05, 0) is 18.4 Å². The van der Waals surface area contributed by atoms with Crippen LogP contribution in [0.3, 0.4) is 0 Å². The molecule has 0 aliphatic rings. The lowest BCUT2D eigenvalue weighted by Crippen LogP contribution is -1.85. The van der Waals surface area contributed by atoms with E-state index in [0.717, 1.165) is 0 Å². The average molecular weight is 222 g/mol. The summed E-state index contributed by atoms with van der Waals surface area (Å²) in [6.45, 7) is 2.27. The highest BCUT2D eigenvalue weighted by Crippen LogP contribution is 2.10. The molecule has 0 atom stereocenters. The maximum atomic E-state index is 2.27. The third kappa shape index (κ3) is 7.47. The van der Waals surface area contributed by atoms with Crippen LogP contribution in [0.1, 0.15) is 57.4 Å². The number of hydrogen-bond donors (Lipinski definition) is 0. The van der Waals surface area contributed by atoms with Crippen molar-refractivity contribution >= 4 is 0 Å². The molecular formula is C15H26O. The lowest BCUT2D eigenvalue weighted by molar-refractivity contribution is 0.589. The van der Waals surface area contributed by atoms with E-state index < -0.39 is 0 Å². The second-order valence-corrected chi connectivity index (χ2v) is 4.36. The molecule has 0 unspecified atom stereocenters. The van der Waals surface area contributed by atoms with E-state index in [2.05, 4.69) is 37.3 Å². The summed E-state index contributed by atoms with van der Waals surface area (Å²) < 4.78 is 0. The van der Waals surface area contributed by atoms with Crippen LogP contribution in [0.25, 0.3) is 0 Å². The van der Waals surface area contributed by atoms with E-state index in [1.54, 1.807) is 0 Å². The summed E-state index contributed by atoms with van der Waals surface area (Å²) in [6, 6.07) is 10.8. The molecule has 0 fully saturated rings. The van der Waals surface area contributed by atoms with Crippen molar-refractivity contribution in [1.29, 1.82) is 0 Å². The fraction of sp³-hybridized carbons (Fsp3) is 0.600. The first-order valence-electron chi connectivity index (χ1n) is 6.47. The van der Waals surface area contributed by atoms with Gasteiger partial charge >= 0.3 is 0 Å². The van der Waals surface area contributed by atoms with Gasteiger partial charge in [-0.3, -0.25) is 0 Å². The van der Waals surface area contributed by atoms with E-state index in [-0.39, 0.29) is 5.48 Å². The number of aryl methyl sites for hydroxylation is 1. The van der Waals surface area contributed by atoms with Crippen LogP contribution in [0.2, 0.25) is 0 Å². The molecule has 1 heteroatoms. The number of rotatable bonds is 8. The van der Waals surface area contributed by atoms with Crippen LogP contribution in [0, 0.1) is 0 Å². The summed E-state index contributed by atoms with van der Waals surface area (Å²) in [5, 5.41) is 0. The van der Waals surface area contributed by atoms with Gasteiger partial charge in [-0.1, -0.05) is 75.8 Å². The smallest absolute Gasteiger partial charge is 0.0279 e. The van der Waals surface area contributed by atoms with Gasteiger partial charge < -0.3 is 5.48 Å². The largest absolute Gasteiger partial charge is 0.412 e. The van der Waals surface area contributed by atoms with Crippen molar-refractivity contribution in [2.75, 3.05) is 0 Å². The molecule has 1 nitrogen and oxygen atoms in total. The zero-order valence-electron chi connectivity index (χ0n) is 10.5. The quantitative estimate of drug-likeness (QED) is 0.592. The first kappa shape index (κ1) is 15.2. The van der Waals surface area contributed by atoms with Gasteiger partial charge in [-0.25, -0.2) is 0 Å². The molecule has 16 heavy (non-hydrogen) atoms. The first-order valence-corrected chi connectivity index (χ1v) is 6.47. The third-order valence-corrected chi connectivity index (χ3v) is 2.91. The van der Waals surface area contributed by atoms with Crippen LogP contribution in [0.4, 0.5) is 0 Å². The molecule has 92 valence electrons. The van der Waals surface area contributed by atoms with Gasteiger partial charge in [0.25, 0.3) is 0 Å². The van der Waals surface area contributed by atoms with E-state index in [0.29, 0.717) is 0 Å². The minimum Gasteiger partial charge on any atom is -0.412 e. The van der Waals surface area contributed by atoms with Crippen molar-refractivity contribution in [3.63, 3.8) is 0 Å². The molecular weight excluding hydrogens is 196 g/mol. The lowest BCUT2D eigenvalue weighted by atomic mass is 10.0. The molecule has 0 saturated carbocycles. The van der Waals surface area contributed by atoms with Gasteiger partial charge in [0.2, 0.25) is 0 Å². The Bertz CT molecular complexity index is 230. The Hall–Kier alpha value is -0.820. The zero-order valence-corrected chi connectivity index (χ0v) is 10.5. The fourth-order valence-electron chi connectivity index (χ4n) is 1.93. The topological polar surface area (TPSA) is 31.5 Å². The molecule has 1 aromatic rings. The summed E-state index contributed by atoms with van der Waals surface area (Å²) in [5.74, 6) is 0. The summed E-state index contributed by atoms with van der Waals surface area (Å²) >= 11 is 0. The molecule has 2 N–H and O–H groups in total. The molecule has 0 heterocycles. The van der Waals surface area contributed by atoms with Crippen molar-refractivity contribution in [2.24, 2.45) is 0 Å². The van der Waals surface area contributed by atoms with Crippen LogP contribution >= 0.6 is 0 Å². The highest BCUT2D eigenvalue weighted by Gasteiger charge is 1.92. The third-order valence-electron chi connectivity index (χ3n) is 2.91. The summed E-state index contributed by atoms with van der Waals surface area (Å²) in [7, 11) is 0. The molecule has 0 spiro atoms. The summed E-state index contributed by atoms with van der Waals surface area (Å²) in [4.78, 5) is 0. The Kier molecular flexibility index (Phi) is 10.1. The van der Waals surface area contributed by atoms with Crippen LogP contribution in [-0.4, -0.2) is 5.48 Å². The van der Waals surface area contributed by atoms with Crippen molar-refractivity contribution in [3.05, 3.63) is 35.9 Å². The molecule has 0 aliphatic carbocycles. The second kappa shape index (κ2) is 10.7. The highest BCUT2D eigenvalue weighted by molar-refractivity contribution is 5.14. The van der Waals surface area contributed by atoms with E-state index in [4.69, 9.17) is 0 Å². The summed E-state index contributed by atoms with van der Waals surface area (Å²) in [6.07, 6.45) is 11.1. The maximum absolute atomic E-state index is 2.27. The van der Waals surface area contributed by atoms with Gasteiger partial charge in [0, 0.05) is 0 Å². The van der Waals surface area contributed by atoms with Gasteiger partial charge in [-0.15, -0.1) is 0 Å². The fourth-order valence-corrected chi connectivity index (χ4v) is 1.93. The van der Waals surface area contributed by atoms with Crippen molar-refractivity contribution < 1.29 is 5.48 Å². The molecule has 0 bridgehead atoms. The van der Waals surface area contributed by atoms with Crippen LogP contribution in [0.5, 0.6) is 0 Å². The minimum absolute atomic E-state index is 0. The second-order valence-electron chi connectivity index (χ2n) is 4.36. The Morgan fingerprint density at radius 2 is 1.31 bits per heavy atom. The summed E-state index contributed by atoms with van der Waals surface area (Å²) in [5.41, 5.74) is 1.49. The standard InChI is InChI=1S/C15H24.H2O/c1-2-3-4-5-6-7-9-12-15-13-10-8-11-14-15;/h8,10-11,13-14H,2-7,9,12H2,1H3;1H2. The molecule has 0 radical (unpaired) electrons. The van der Waals surface area contributed by atoms with Crippen molar-refractivity contribution in [2.45, 2.75) is 58.3 Å². The SMILES string of the molecule is CCCCCCCCCc1ccccc1.O. The van der Waals surface area contributed by atoms with E-state index in [1.807, 2.05) is 0 Å². The number of benzene rings is 1. The van der Waals surface area contributed by atoms with Crippen molar-refractivity contribution in [1.82, 2.24) is 0 Å². The normalized spacial score (nSPS) is 9.81. The van der Waals surface area contributed by atoms with Gasteiger partial charge in [0.15, 0.2) is 0 Å². The first-order chi connectivity index (χ1) is 7.43. The van der Waals surface area contributed by atoms with E-state index >= 15 is 0 Å². The van der Waals surface area contributed by atoms with Gasteiger partial charge in [0.05, 0.1) is 0 Å². The monoisotopic (exact) mass is 222 g/mol. The molecule has 0 saturated heterocycles. The Balaban J connectivity index is 0.00000225. The number of hydrogen-bond acceptors (Lipinski definition) is 0. The molecule has 0 aliphatic heterocycles. The predicted octanol–water partition coefficient (Wildman–Crippen LogP) is 4.16. The Labute approximate surface area is 100 Å². The molecule has 0 amide bonds. The highest BCUT2D eigenvalue weighted by atomic mass is 16.0. The maximum Gasteiger partial charge on any atom is -0.0279 e. The predicted molar refractivity (Wildman–Crippen MR) is 71.8 cm³/mol. The van der Waals surface area contributed by atoms with Crippen LogP contribution < -0.4 is 0 Å². The van der Waals surface area contributed by atoms with Crippen LogP contribution in [0.15, 0.2) is 30.3 Å². The average Bonchev–Trinajstić information content (AvgIpc) is 2.29. The van der Waals surface area contributed by atoms with Gasteiger partial charge in [0.1, 0.15) is 0 Å². The lowest BCUT2D eigenvalue weighted by Gasteiger charge is -2.01. The Morgan fingerprint density at radius 1 is 0.750 bits per heavy atom. The van der Waals surface area contributed by atoms with Crippen molar-refractivity contribution in [3.8, 4) is 0 Å². The minimum atomic E-state index is 0. The van der Waals surface area contributed by atoms with E-state index in [9.17, 15) is 0 Å².